The minimum atomic E-state index is -0.912. The highest BCUT2D eigenvalue weighted by atomic mass is 35.5. The molecule has 1 saturated carbocycles. The van der Waals surface area contributed by atoms with Gasteiger partial charge in [0.1, 0.15) is 11.7 Å². The lowest BCUT2D eigenvalue weighted by Gasteiger charge is -2.53. The summed E-state index contributed by atoms with van der Waals surface area (Å²) in [5.74, 6) is -0.738. The van der Waals surface area contributed by atoms with Gasteiger partial charge in [-0.15, -0.1) is 11.6 Å². The summed E-state index contributed by atoms with van der Waals surface area (Å²) in [6, 6.07) is 0. The van der Waals surface area contributed by atoms with Gasteiger partial charge in [-0.25, -0.2) is 0 Å². The minimum absolute atomic E-state index is 0.0163. The monoisotopic (exact) mass is 358 g/mol. The Morgan fingerprint density at radius 1 is 1.42 bits per heavy atom. The second-order valence-corrected chi connectivity index (χ2v) is 7.44. The third-order valence-corrected chi connectivity index (χ3v) is 5.42. The van der Waals surface area contributed by atoms with Crippen molar-refractivity contribution in [2.45, 2.75) is 57.9 Å². The molecule has 3 heterocycles. The molecule has 134 valence electrons. The third kappa shape index (κ3) is 2.74. The molecule has 3 saturated heterocycles. The molecule has 4 aliphatic rings. The number of ether oxygens (including phenoxy) is 4. The van der Waals surface area contributed by atoms with Gasteiger partial charge in [0, 0.05) is 13.3 Å². The molecule has 0 spiro atoms. The predicted octanol–water partition coefficient (Wildman–Crippen LogP) is 2.39. The standard InChI is InChI=1S/C17H23ClO6/c1-8(2)5-13(20)22-16-14-11-6-12(21-10(4)19)17(14,7-18)24-15(23-16)9(11)3/h8,11-12,14-16H,3,5-7H2,1-2,4H3/t11-,12+,14-,15+,16-,17-/m1/s1. The van der Waals surface area contributed by atoms with Gasteiger partial charge in [0.05, 0.1) is 11.8 Å². The molecule has 4 rings (SSSR count). The SMILES string of the molecule is C=C1[C@H]2O[C@@H](OC(=O)CC(C)C)[C@H]3[C@@H]1C[C@H](OC(C)=O)[C@@]3(CCl)O2. The van der Waals surface area contributed by atoms with Crippen molar-refractivity contribution in [3.8, 4) is 0 Å². The zero-order valence-electron chi connectivity index (χ0n) is 14.1. The Morgan fingerprint density at radius 3 is 2.71 bits per heavy atom. The summed E-state index contributed by atoms with van der Waals surface area (Å²) in [5.41, 5.74) is -0.128. The molecule has 24 heavy (non-hydrogen) atoms. The molecule has 0 amide bonds. The Morgan fingerprint density at radius 2 is 2.12 bits per heavy atom. The quantitative estimate of drug-likeness (QED) is 0.427. The number of rotatable bonds is 5. The molecule has 0 unspecified atom stereocenters. The van der Waals surface area contributed by atoms with E-state index < -0.39 is 30.3 Å². The largest absolute Gasteiger partial charge is 0.459 e. The highest BCUT2D eigenvalue weighted by Crippen LogP contribution is 2.59. The van der Waals surface area contributed by atoms with Crippen molar-refractivity contribution in [3.63, 3.8) is 0 Å². The van der Waals surface area contributed by atoms with E-state index in [4.69, 9.17) is 30.5 Å². The van der Waals surface area contributed by atoms with Crippen molar-refractivity contribution >= 4 is 23.5 Å². The Balaban J connectivity index is 1.86. The van der Waals surface area contributed by atoms with E-state index in [2.05, 4.69) is 6.58 Å². The number of halogens is 1. The van der Waals surface area contributed by atoms with Crippen LogP contribution >= 0.6 is 11.6 Å². The molecule has 0 N–H and O–H groups in total. The van der Waals surface area contributed by atoms with Crippen LogP contribution in [-0.4, -0.2) is 42.1 Å². The van der Waals surface area contributed by atoms with E-state index >= 15 is 0 Å². The molecular formula is C17H23ClO6. The highest BCUT2D eigenvalue weighted by molar-refractivity contribution is 6.18. The third-order valence-electron chi connectivity index (χ3n) is 5.01. The molecular weight excluding hydrogens is 336 g/mol. The first-order valence-corrected chi connectivity index (χ1v) is 8.76. The second kappa shape index (κ2) is 6.32. The van der Waals surface area contributed by atoms with Crippen LogP contribution in [0, 0.1) is 17.8 Å². The molecule has 6 atom stereocenters. The zero-order chi connectivity index (χ0) is 17.6. The number of fused-ring (bicyclic) bond motifs is 1. The van der Waals surface area contributed by atoms with Gasteiger partial charge < -0.3 is 18.9 Å². The van der Waals surface area contributed by atoms with Crippen LogP contribution in [0.2, 0.25) is 0 Å². The fourth-order valence-corrected chi connectivity index (χ4v) is 4.44. The maximum atomic E-state index is 12.1. The van der Waals surface area contributed by atoms with Crippen LogP contribution < -0.4 is 0 Å². The smallest absolute Gasteiger partial charge is 0.308 e. The van der Waals surface area contributed by atoms with Crippen LogP contribution in [0.3, 0.4) is 0 Å². The van der Waals surface area contributed by atoms with Gasteiger partial charge in [-0.05, 0) is 23.8 Å². The number of hydrogen-bond acceptors (Lipinski definition) is 6. The maximum Gasteiger partial charge on any atom is 0.308 e. The number of carbonyl (C=O) groups is 2. The van der Waals surface area contributed by atoms with E-state index in [1.54, 1.807) is 0 Å². The van der Waals surface area contributed by atoms with Crippen LogP contribution in [0.15, 0.2) is 12.2 Å². The van der Waals surface area contributed by atoms with E-state index in [-0.39, 0.29) is 29.6 Å². The van der Waals surface area contributed by atoms with Crippen LogP contribution in [0.1, 0.15) is 33.6 Å². The van der Waals surface area contributed by atoms with Crippen LogP contribution in [0.5, 0.6) is 0 Å². The molecule has 7 heteroatoms. The lowest BCUT2D eigenvalue weighted by molar-refractivity contribution is -0.364. The Labute approximate surface area is 146 Å². The lowest BCUT2D eigenvalue weighted by Crippen LogP contribution is -2.64. The summed E-state index contributed by atoms with van der Waals surface area (Å²) < 4.78 is 22.8. The summed E-state index contributed by atoms with van der Waals surface area (Å²) >= 11 is 6.23. The van der Waals surface area contributed by atoms with E-state index in [1.807, 2.05) is 13.8 Å². The molecule has 1 aliphatic carbocycles. The van der Waals surface area contributed by atoms with Crippen LogP contribution in [0.4, 0.5) is 0 Å². The van der Waals surface area contributed by atoms with Crippen LogP contribution in [0.25, 0.3) is 0 Å². The van der Waals surface area contributed by atoms with Crippen molar-refractivity contribution in [2.24, 2.45) is 17.8 Å². The molecule has 4 fully saturated rings. The lowest BCUT2D eigenvalue weighted by atomic mass is 9.77. The zero-order valence-corrected chi connectivity index (χ0v) is 14.9. The fourth-order valence-electron chi connectivity index (χ4n) is 4.03. The first-order chi connectivity index (χ1) is 11.3. The fraction of sp³-hybridized carbons (Fsp3) is 0.765. The van der Waals surface area contributed by atoms with Gasteiger partial charge in [-0.1, -0.05) is 20.4 Å². The molecule has 3 aliphatic heterocycles. The number of esters is 2. The normalized spacial score (nSPS) is 40.0. The Bertz CT molecular complexity index is 561. The van der Waals surface area contributed by atoms with Gasteiger partial charge in [0.15, 0.2) is 6.29 Å². The molecule has 0 aromatic carbocycles. The minimum Gasteiger partial charge on any atom is -0.459 e. The summed E-state index contributed by atoms with van der Waals surface area (Å²) in [4.78, 5) is 23.5. The molecule has 6 nitrogen and oxygen atoms in total. The number of alkyl halides is 1. The van der Waals surface area contributed by atoms with Crippen molar-refractivity contribution in [1.82, 2.24) is 0 Å². The average Bonchev–Trinajstić information content (AvgIpc) is 2.75. The van der Waals surface area contributed by atoms with Crippen molar-refractivity contribution in [2.75, 3.05) is 5.88 Å². The van der Waals surface area contributed by atoms with Gasteiger partial charge in [-0.2, -0.15) is 0 Å². The molecule has 0 aromatic rings. The topological polar surface area (TPSA) is 71.1 Å². The molecule has 0 radical (unpaired) electrons. The summed E-state index contributed by atoms with van der Waals surface area (Å²) in [6.45, 7) is 9.29. The molecule has 4 bridgehead atoms. The van der Waals surface area contributed by atoms with E-state index in [0.29, 0.717) is 12.8 Å². The number of hydrogen-bond donors (Lipinski definition) is 0. The summed E-state index contributed by atoms with van der Waals surface area (Å²) in [6.07, 6.45) is -1.10. The average molecular weight is 359 g/mol. The Kier molecular flexibility index (Phi) is 4.66. The van der Waals surface area contributed by atoms with Crippen LogP contribution in [-0.2, 0) is 28.5 Å². The van der Waals surface area contributed by atoms with Crippen molar-refractivity contribution in [3.05, 3.63) is 12.2 Å². The van der Waals surface area contributed by atoms with Gasteiger partial charge in [-0.3, -0.25) is 9.59 Å². The second-order valence-electron chi connectivity index (χ2n) is 7.17. The van der Waals surface area contributed by atoms with Crippen molar-refractivity contribution < 1.29 is 28.5 Å². The summed E-state index contributed by atoms with van der Waals surface area (Å²) in [5, 5.41) is 0. The van der Waals surface area contributed by atoms with Gasteiger partial charge in [0.25, 0.3) is 0 Å². The van der Waals surface area contributed by atoms with Gasteiger partial charge in [0.2, 0.25) is 6.29 Å². The summed E-state index contributed by atoms with van der Waals surface area (Å²) in [7, 11) is 0. The van der Waals surface area contributed by atoms with E-state index in [1.165, 1.54) is 6.92 Å². The van der Waals surface area contributed by atoms with Crippen molar-refractivity contribution in [1.29, 1.82) is 0 Å². The first-order valence-electron chi connectivity index (χ1n) is 8.23. The number of carbonyl (C=O) groups excluding carboxylic acids is 2. The first kappa shape index (κ1) is 17.7. The Hall–Kier alpha value is -1.11. The van der Waals surface area contributed by atoms with Gasteiger partial charge >= 0.3 is 11.9 Å². The highest BCUT2D eigenvalue weighted by Gasteiger charge is 2.70. The van der Waals surface area contributed by atoms with E-state index in [9.17, 15) is 9.59 Å². The maximum absolute atomic E-state index is 12.1. The molecule has 0 aromatic heterocycles. The van der Waals surface area contributed by atoms with E-state index in [0.717, 1.165) is 5.57 Å². The predicted molar refractivity (Wildman–Crippen MR) is 85.0 cm³/mol.